The number of halogens is 1. The van der Waals surface area contributed by atoms with Crippen LogP contribution in [-0.4, -0.2) is 29.8 Å². The topological polar surface area (TPSA) is 26.3 Å². The second-order valence-electron chi connectivity index (χ2n) is 6.54. The third-order valence-electron chi connectivity index (χ3n) is 3.09. The summed E-state index contributed by atoms with van der Waals surface area (Å²) in [5.74, 6) is 1.55. The van der Waals surface area contributed by atoms with Crippen LogP contribution in [0.3, 0.4) is 0 Å². The van der Waals surface area contributed by atoms with Gasteiger partial charge in [0.25, 0.3) is 0 Å². The summed E-state index contributed by atoms with van der Waals surface area (Å²) in [6.45, 7) is 10.8. The normalized spacial score (nSPS) is 14.5. The van der Waals surface area contributed by atoms with E-state index in [4.69, 9.17) is 4.74 Å². The number of carbonyl (C=O) groups excluding carboxylic acids is 1. The molecule has 0 aromatic heterocycles. The van der Waals surface area contributed by atoms with E-state index in [9.17, 15) is 9.18 Å². The molecule has 0 aliphatic rings. The molecule has 126 valence electrons. The van der Waals surface area contributed by atoms with Gasteiger partial charge in [-0.05, 0) is 43.3 Å². The third-order valence-corrected chi connectivity index (χ3v) is 4.40. The van der Waals surface area contributed by atoms with Crippen LogP contribution in [-0.2, 0) is 9.53 Å². The Morgan fingerprint density at radius 3 is 2.33 bits per heavy atom. The lowest BCUT2D eigenvalue weighted by Gasteiger charge is -2.18. The van der Waals surface area contributed by atoms with Gasteiger partial charge in [-0.2, -0.15) is 0 Å². The van der Waals surface area contributed by atoms with Gasteiger partial charge in [0.1, 0.15) is 11.4 Å². The highest BCUT2D eigenvalue weighted by Crippen LogP contribution is 2.23. The lowest BCUT2D eigenvalue weighted by Crippen LogP contribution is -2.24. The van der Waals surface area contributed by atoms with Crippen LogP contribution in [0.1, 0.15) is 66.7 Å². The Balaban J connectivity index is 4.08. The molecule has 0 saturated carbocycles. The van der Waals surface area contributed by atoms with Gasteiger partial charge < -0.3 is 4.74 Å². The maximum atomic E-state index is 13.4. The van der Waals surface area contributed by atoms with E-state index in [0.29, 0.717) is 31.3 Å². The lowest BCUT2D eigenvalue weighted by molar-refractivity contribution is -0.144. The smallest absolute Gasteiger partial charge is 0.319 e. The first-order chi connectivity index (χ1) is 9.86. The molecule has 2 atom stereocenters. The third kappa shape index (κ3) is 12.0. The van der Waals surface area contributed by atoms with Crippen molar-refractivity contribution >= 4 is 17.7 Å². The molecule has 0 aromatic rings. The summed E-state index contributed by atoms with van der Waals surface area (Å²) < 4.78 is 18.8. The highest BCUT2D eigenvalue weighted by Gasteiger charge is 2.22. The summed E-state index contributed by atoms with van der Waals surface area (Å²) in [7, 11) is 0. The van der Waals surface area contributed by atoms with E-state index in [1.807, 2.05) is 20.8 Å². The van der Waals surface area contributed by atoms with E-state index in [2.05, 4.69) is 13.8 Å². The number of carbonyl (C=O) groups is 1. The highest BCUT2D eigenvalue weighted by atomic mass is 32.2. The fourth-order valence-corrected chi connectivity index (χ4v) is 3.33. The molecular weight excluding hydrogens is 287 g/mol. The second kappa shape index (κ2) is 12.3. The fourth-order valence-electron chi connectivity index (χ4n) is 1.99. The maximum Gasteiger partial charge on any atom is 0.319 e. The van der Waals surface area contributed by atoms with Crippen molar-refractivity contribution in [1.29, 1.82) is 0 Å². The van der Waals surface area contributed by atoms with Crippen molar-refractivity contribution in [2.24, 2.45) is 11.8 Å². The molecule has 0 rings (SSSR count). The van der Waals surface area contributed by atoms with E-state index >= 15 is 0 Å². The Bertz CT molecular complexity index is 270. The molecule has 0 aromatic carbocycles. The predicted molar refractivity (Wildman–Crippen MR) is 90.5 cm³/mol. The van der Waals surface area contributed by atoms with E-state index in [0.717, 1.165) is 25.0 Å². The summed E-state index contributed by atoms with van der Waals surface area (Å²) in [6, 6.07) is 0. The lowest BCUT2D eigenvalue weighted by atomic mass is 10.1. The van der Waals surface area contributed by atoms with Crippen LogP contribution < -0.4 is 0 Å². The summed E-state index contributed by atoms with van der Waals surface area (Å²) in [6.07, 6.45) is 3.12. The van der Waals surface area contributed by atoms with Gasteiger partial charge in [-0.1, -0.05) is 41.0 Å². The molecule has 0 fully saturated rings. The van der Waals surface area contributed by atoms with Gasteiger partial charge in [-0.3, -0.25) is 4.79 Å². The molecular formula is C17H33FO2S. The number of hydrogen-bond donors (Lipinski definition) is 0. The molecule has 4 heteroatoms. The summed E-state index contributed by atoms with van der Waals surface area (Å²) in [5, 5.41) is -0.104. The first-order valence-corrected chi connectivity index (χ1v) is 9.33. The molecule has 0 heterocycles. The van der Waals surface area contributed by atoms with Gasteiger partial charge in [-0.25, -0.2) is 4.39 Å². The summed E-state index contributed by atoms with van der Waals surface area (Å²) in [4.78, 5) is 12.1. The number of alkyl halides is 1. The Hall–Kier alpha value is -0.250. The van der Waals surface area contributed by atoms with Crippen LogP contribution in [0.5, 0.6) is 0 Å². The minimum absolute atomic E-state index is 0.104. The average Bonchev–Trinajstić information content (AvgIpc) is 2.39. The van der Waals surface area contributed by atoms with Crippen LogP contribution >= 0.6 is 11.8 Å². The van der Waals surface area contributed by atoms with E-state index in [1.165, 1.54) is 0 Å². The molecule has 2 unspecified atom stereocenters. The zero-order valence-electron chi connectivity index (χ0n) is 14.4. The van der Waals surface area contributed by atoms with Gasteiger partial charge in [0, 0.05) is 0 Å². The van der Waals surface area contributed by atoms with E-state index in [1.54, 1.807) is 11.8 Å². The largest absolute Gasteiger partial charge is 0.465 e. The minimum Gasteiger partial charge on any atom is -0.465 e. The number of thioether (sulfide) groups is 1. The van der Waals surface area contributed by atoms with Crippen molar-refractivity contribution in [2.75, 3.05) is 12.4 Å². The molecule has 0 aliphatic carbocycles. The number of ether oxygens (including phenoxy) is 1. The summed E-state index contributed by atoms with van der Waals surface area (Å²) >= 11 is 1.63. The van der Waals surface area contributed by atoms with Crippen LogP contribution in [0.2, 0.25) is 0 Å². The average molecular weight is 321 g/mol. The number of rotatable bonds is 12. The van der Waals surface area contributed by atoms with Gasteiger partial charge in [-0.15, -0.1) is 11.8 Å². The summed E-state index contributed by atoms with van der Waals surface area (Å²) in [5.41, 5.74) is 0. The number of hydrogen-bond acceptors (Lipinski definition) is 3. The van der Waals surface area contributed by atoms with Gasteiger partial charge in [0.2, 0.25) is 0 Å². The molecule has 0 bridgehead atoms. The molecule has 0 saturated heterocycles. The molecule has 0 spiro atoms. The Kier molecular flexibility index (Phi) is 12.2. The van der Waals surface area contributed by atoms with Gasteiger partial charge in [0.05, 0.1) is 6.61 Å². The van der Waals surface area contributed by atoms with E-state index < -0.39 is 6.17 Å². The molecule has 0 amide bonds. The van der Waals surface area contributed by atoms with Crippen LogP contribution in [0.25, 0.3) is 0 Å². The van der Waals surface area contributed by atoms with Crippen LogP contribution in [0.15, 0.2) is 0 Å². The van der Waals surface area contributed by atoms with E-state index in [-0.39, 0.29) is 11.2 Å². The van der Waals surface area contributed by atoms with Crippen molar-refractivity contribution in [3.8, 4) is 0 Å². The maximum absolute atomic E-state index is 13.4. The van der Waals surface area contributed by atoms with Crippen LogP contribution in [0, 0.1) is 11.8 Å². The zero-order valence-corrected chi connectivity index (χ0v) is 15.2. The molecule has 21 heavy (non-hydrogen) atoms. The number of esters is 1. The monoisotopic (exact) mass is 320 g/mol. The predicted octanol–water partition coefficient (Wildman–Crippen LogP) is 5.25. The first kappa shape index (κ1) is 20.8. The Morgan fingerprint density at radius 1 is 1.14 bits per heavy atom. The van der Waals surface area contributed by atoms with Crippen molar-refractivity contribution in [3.63, 3.8) is 0 Å². The Morgan fingerprint density at radius 2 is 1.81 bits per heavy atom. The first-order valence-electron chi connectivity index (χ1n) is 8.29. The molecule has 0 radical (unpaired) electrons. The fraction of sp³-hybridized carbons (Fsp3) is 0.941. The Labute approximate surface area is 134 Å². The zero-order chi connectivity index (χ0) is 16.3. The van der Waals surface area contributed by atoms with Crippen molar-refractivity contribution in [2.45, 2.75) is 78.1 Å². The standard InChI is InChI=1S/C17H33FO2S/c1-6-8-15(18)9-7-10-21-16(11-13(2)3)17(19)20-12-14(4)5/h13-16H,6-12H2,1-5H3. The molecule has 2 nitrogen and oxygen atoms in total. The SMILES string of the molecule is CCCC(F)CCCSC(CC(C)C)C(=O)OCC(C)C. The van der Waals surface area contributed by atoms with Crippen molar-refractivity contribution in [3.05, 3.63) is 0 Å². The molecule has 0 aliphatic heterocycles. The van der Waals surface area contributed by atoms with Crippen molar-refractivity contribution < 1.29 is 13.9 Å². The second-order valence-corrected chi connectivity index (χ2v) is 7.85. The minimum atomic E-state index is -0.688. The van der Waals surface area contributed by atoms with Crippen molar-refractivity contribution in [1.82, 2.24) is 0 Å². The quantitative estimate of drug-likeness (QED) is 0.363. The van der Waals surface area contributed by atoms with Gasteiger partial charge in [0.15, 0.2) is 0 Å². The van der Waals surface area contributed by atoms with Gasteiger partial charge >= 0.3 is 5.97 Å². The molecule has 0 N–H and O–H groups in total. The highest BCUT2D eigenvalue weighted by molar-refractivity contribution is 8.00. The van der Waals surface area contributed by atoms with Crippen LogP contribution in [0.4, 0.5) is 4.39 Å².